The van der Waals surface area contributed by atoms with Crippen LogP contribution in [-0.2, 0) is 22.6 Å². The number of hydrogen-bond donors (Lipinski definition) is 1. The Morgan fingerprint density at radius 2 is 1.70 bits per heavy atom. The van der Waals surface area contributed by atoms with Crippen molar-refractivity contribution in [3.8, 4) is 5.75 Å². The van der Waals surface area contributed by atoms with Gasteiger partial charge in [0.05, 0.1) is 7.11 Å². The molecule has 0 saturated carbocycles. The molecular formula is C25H28N2O3. The number of carbonyl (C=O) groups excluding carboxylic acids is 2. The summed E-state index contributed by atoms with van der Waals surface area (Å²) in [5.74, 6) is 0.531. The number of amides is 2. The van der Waals surface area contributed by atoms with Crippen LogP contribution in [0.4, 0.5) is 0 Å². The van der Waals surface area contributed by atoms with E-state index < -0.39 is 6.04 Å². The smallest absolute Gasteiger partial charge is 0.242 e. The highest BCUT2D eigenvalue weighted by molar-refractivity contribution is 5.88. The maximum Gasteiger partial charge on any atom is 0.242 e. The highest BCUT2D eigenvalue weighted by Crippen LogP contribution is 2.21. The van der Waals surface area contributed by atoms with Gasteiger partial charge in [0, 0.05) is 20.0 Å². The van der Waals surface area contributed by atoms with E-state index in [1.54, 1.807) is 26.0 Å². The molecule has 5 heteroatoms. The summed E-state index contributed by atoms with van der Waals surface area (Å²) in [6.07, 6.45) is 0.964. The summed E-state index contributed by atoms with van der Waals surface area (Å²) in [4.78, 5) is 27.1. The van der Waals surface area contributed by atoms with Crippen LogP contribution in [0.3, 0.4) is 0 Å². The lowest BCUT2D eigenvalue weighted by Gasteiger charge is -2.28. The number of rotatable bonds is 8. The quantitative estimate of drug-likeness (QED) is 0.619. The lowest BCUT2D eigenvalue weighted by molar-refractivity contribution is -0.140. The van der Waals surface area contributed by atoms with Crippen molar-refractivity contribution in [1.29, 1.82) is 0 Å². The monoisotopic (exact) mass is 404 g/mol. The molecule has 0 aliphatic rings. The zero-order valence-corrected chi connectivity index (χ0v) is 17.7. The fourth-order valence-electron chi connectivity index (χ4n) is 3.61. The Balaban J connectivity index is 1.77. The number of likely N-dealkylation sites (N-methyl/N-ethyl adjacent to an activating group) is 1. The molecule has 3 aromatic carbocycles. The van der Waals surface area contributed by atoms with Gasteiger partial charge in [-0.25, -0.2) is 0 Å². The van der Waals surface area contributed by atoms with E-state index in [0.717, 1.165) is 27.6 Å². The topological polar surface area (TPSA) is 58.6 Å². The first-order chi connectivity index (χ1) is 14.5. The van der Waals surface area contributed by atoms with E-state index in [9.17, 15) is 9.59 Å². The minimum Gasteiger partial charge on any atom is -0.497 e. The van der Waals surface area contributed by atoms with Crippen molar-refractivity contribution < 1.29 is 14.3 Å². The summed E-state index contributed by atoms with van der Waals surface area (Å²) in [7, 11) is 3.21. The Morgan fingerprint density at radius 1 is 1.00 bits per heavy atom. The number of fused-ring (bicyclic) bond motifs is 1. The lowest BCUT2D eigenvalue weighted by Crippen LogP contribution is -2.46. The van der Waals surface area contributed by atoms with Crippen LogP contribution >= 0.6 is 0 Å². The van der Waals surface area contributed by atoms with Crippen LogP contribution in [0.15, 0.2) is 66.7 Å². The predicted octanol–water partition coefficient (Wildman–Crippen LogP) is 3.94. The largest absolute Gasteiger partial charge is 0.497 e. The van der Waals surface area contributed by atoms with Gasteiger partial charge in [0.15, 0.2) is 0 Å². The summed E-state index contributed by atoms with van der Waals surface area (Å²) in [6.45, 7) is 2.13. The van der Waals surface area contributed by atoms with E-state index >= 15 is 0 Å². The van der Waals surface area contributed by atoms with Gasteiger partial charge in [-0.3, -0.25) is 9.59 Å². The van der Waals surface area contributed by atoms with E-state index in [4.69, 9.17) is 4.74 Å². The van der Waals surface area contributed by atoms with Crippen LogP contribution < -0.4 is 10.1 Å². The molecule has 0 aliphatic heterocycles. The first-order valence-corrected chi connectivity index (χ1v) is 10.1. The van der Waals surface area contributed by atoms with Crippen LogP contribution in [0.25, 0.3) is 10.8 Å². The van der Waals surface area contributed by atoms with Crippen LogP contribution in [0.1, 0.15) is 24.5 Å². The van der Waals surface area contributed by atoms with E-state index in [-0.39, 0.29) is 11.8 Å². The first-order valence-electron chi connectivity index (χ1n) is 10.1. The molecule has 2 amide bonds. The fraction of sp³-hybridized carbons (Fsp3) is 0.280. The molecule has 0 fully saturated rings. The summed E-state index contributed by atoms with van der Waals surface area (Å²) in [5, 5.41) is 4.97. The third-order valence-electron chi connectivity index (χ3n) is 5.41. The van der Waals surface area contributed by atoms with Gasteiger partial charge < -0.3 is 15.0 Å². The number of aryl methyl sites for hydroxylation is 1. The Kier molecular flexibility index (Phi) is 7.07. The van der Waals surface area contributed by atoms with Gasteiger partial charge >= 0.3 is 0 Å². The second-order valence-corrected chi connectivity index (χ2v) is 7.30. The molecule has 0 spiro atoms. The fourth-order valence-corrected chi connectivity index (χ4v) is 3.61. The van der Waals surface area contributed by atoms with E-state index in [1.807, 2.05) is 42.5 Å². The van der Waals surface area contributed by atoms with Gasteiger partial charge in [0.2, 0.25) is 11.8 Å². The molecule has 0 aromatic heterocycles. The number of carbonyl (C=O) groups is 2. The molecule has 5 nitrogen and oxygen atoms in total. The number of methoxy groups -OCH3 is 1. The van der Waals surface area contributed by atoms with Crippen LogP contribution in [0.5, 0.6) is 5.75 Å². The zero-order chi connectivity index (χ0) is 21.5. The van der Waals surface area contributed by atoms with Gasteiger partial charge in [-0.2, -0.15) is 0 Å². The molecule has 156 valence electrons. The number of ether oxygens (including phenoxy) is 1. The molecule has 3 aromatic rings. The maximum absolute atomic E-state index is 13.2. The van der Waals surface area contributed by atoms with Crippen molar-refractivity contribution >= 4 is 22.6 Å². The molecular weight excluding hydrogens is 376 g/mol. The standard InChI is InChI=1S/C25H28N2O3/c1-18(25(29)26-2)27(17-19-11-14-22(30-3)15-12-19)24(28)16-13-21-9-6-8-20-7-4-5-10-23(20)21/h4-12,14-15,18H,13,16-17H2,1-3H3,(H,26,29)/t18-/m1/s1. The first kappa shape index (κ1) is 21.4. The minimum absolute atomic E-state index is 0.0464. The Morgan fingerprint density at radius 3 is 2.40 bits per heavy atom. The highest BCUT2D eigenvalue weighted by Gasteiger charge is 2.25. The van der Waals surface area contributed by atoms with Crippen molar-refractivity contribution in [1.82, 2.24) is 10.2 Å². The molecule has 0 unspecified atom stereocenters. The Labute approximate surface area is 177 Å². The molecule has 1 atom stereocenters. The second-order valence-electron chi connectivity index (χ2n) is 7.30. The van der Waals surface area contributed by atoms with Crippen LogP contribution in [-0.4, -0.2) is 36.9 Å². The molecule has 30 heavy (non-hydrogen) atoms. The predicted molar refractivity (Wildman–Crippen MR) is 119 cm³/mol. The average molecular weight is 405 g/mol. The summed E-state index contributed by atoms with van der Waals surface area (Å²) < 4.78 is 5.20. The zero-order valence-electron chi connectivity index (χ0n) is 17.7. The normalized spacial score (nSPS) is 11.7. The number of hydrogen-bond acceptors (Lipinski definition) is 3. The van der Waals surface area contributed by atoms with E-state index in [2.05, 4.69) is 29.6 Å². The Hall–Kier alpha value is -3.34. The summed E-state index contributed by atoms with van der Waals surface area (Å²) >= 11 is 0. The second kappa shape index (κ2) is 9.92. The molecule has 3 rings (SSSR count). The van der Waals surface area contributed by atoms with Crippen molar-refractivity contribution in [2.24, 2.45) is 0 Å². The number of nitrogens with zero attached hydrogens (tertiary/aromatic N) is 1. The summed E-state index contributed by atoms with van der Waals surface area (Å²) in [6, 6.07) is 21.3. The average Bonchev–Trinajstić information content (AvgIpc) is 2.80. The third-order valence-corrected chi connectivity index (χ3v) is 5.41. The van der Waals surface area contributed by atoms with E-state index in [0.29, 0.717) is 19.4 Å². The minimum atomic E-state index is -0.558. The van der Waals surface area contributed by atoms with Gasteiger partial charge in [-0.15, -0.1) is 0 Å². The van der Waals surface area contributed by atoms with Gasteiger partial charge in [0.25, 0.3) is 0 Å². The maximum atomic E-state index is 13.2. The molecule has 0 aliphatic carbocycles. The number of benzene rings is 3. The Bertz CT molecular complexity index is 1010. The van der Waals surface area contributed by atoms with Crippen molar-refractivity contribution in [2.75, 3.05) is 14.2 Å². The van der Waals surface area contributed by atoms with Gasteiger partial charge in [-0.1, -0.05) is 54.6 Å². The lowest BCUT2D eigenvalue weighted by atomic mass is 10.0. The molecule has 0 heterocycles. The van der Waals surface area contributed by atoms with Gasteiger partial charge in [-0.05, 0) is 47.4 Å². The summed E-state index contributed by atoms with van der Waals surface area (Å²) in [5.41, 5.74) is 2.09. The SMILES string of the molecule is CNC(=O)[C@@H](C)N(Cc1ccc(OC)cc1)C(=O)CCc1cccc2ccccc12. The van der Waals surface area contributed by atoms with Crippen molar-refractivity contribution in [2.45, 2.75) is 32.4 Å². The van der Waals surface area contributed by atoms with Gasteiger partial charge in [0.1, 0.15) is 11.8 Å². The molecule has 0 radical (unpaired) electrons. The third kappa shape index (κ3) is 4.98. The highest BCUT2D eigenvalue weighted by atomic mass is 16.5. The van der Waals surface area contributed by atoms with Crippen LogP contribution in [0, 0.1) is 0 Å². The van der Waals surface area contributed by atoms with Crippen LogP contribution in [0.2, 0.25) is 0 Å². The van der Waals surface area contributed by atoms with Crippen molar-refractivity contribution in [3.63, 3.8) is 0 Å². The van der Waals surface area contributed by atoms with E-state index in [1.165, 1.54) is 0 Å². The molecule has 0 bridgehead atoms. The molecule has 0 saturated heterocycles. The molecule has 1 N–H and O–H groups in total. The van der Waals surface area contributed by atoms with Crippen molar-refractivity contribution in [3.05, 3.63) is 77.9 Å². The number of nitrogens with one attached hydrogen (secondary N) is 1.